The fourth-order valence-electron chi connectivity index (χ4n) is 2.74. The first-order valence-corrected chi connectivity index (χ1v) is 10.8. The first-order chi connectivity index (χ1) is 11.7. The molecule has 4 heterocycles. The van der Waals surface area contributed by atoms with E-state index in [4.69, 9.17) is 9.31 Å². The van der Waals surface area contributed by atoms with E-state index >= 15 is 0 Å². The predicted molar refractivity (Wildman–Crippen MR) is 111 cm³/mol. The van der Waals surface area contributed by atoms with Crippen LogP contribution in [0.15, 0.2) is 36.4 Å². The van der Waals surface area contributed by atoms with Crippen LogP contribution in [0.4, 0.5) is 0 Å². The van der Waals surface area contributed by atoms with E-state index in [-0.39, 0.29) is 18.3 Å². The minimum Gasteiger partial charge on any atom is -0.399 e. The Balaban J connectivity index is 1.57. The highest BCUT2D eigenvalue weighted by Crippen LogP contribution is 2.40. The van der Waals surface area contributed by atoms with Crippen molar-refractivity contribution in [2.45, 2.75) is 45.8 Å². The van der Waals surface area contributed by atoms with Crippen LogP contribution in [-0.4, -0.2) is 18.3 Å². The molecule has 4 rings (SSSR count). The molecule has 3 aromatic rings. The Kier molecular flexibility index (Phi) is 4.24. The van der Waals surface area contributed by atoms with Gasteiger partial charge in [-0.15, -0.1) is 34.0 Å². The van der Waals surface area contributed by atoms with Crippen molar-refractivity contribution in [2.24, 2.45) is 0 Å². The van der Waals surface area contributed by atoms with Crippen LogP contribution in [0.2, 0.25) is 0 Å². The number of hydrogen-bond acceptors (Lipinski definition) is 5. The summed E-state index contributed by atoms with van der Waals surface area (Å²) < 4.78 is 13.5. The first-order valence-electron chi connectivity index (χ1n) is 8.38. The summed E-state index contributed by atoms with van der Waals surface area (Å²) in [5, 5.41) is 0. The standard InChI is InChI=1S/C19H21BO2S3/c1-12-6-7-13(23-12)14-8-9-15(24-14)16-10-11-17(25-16)20-21-18(2,3)19(4,5)22-20/h6-11H,1-5H3. The van der Waals surface area contributed by atoms with Gasteiger partial charge in [0.15, 0.2) is 0 Å². The van der Waals surface area contributed by atoms with Gasteiger partial charge in [-0.2, -0.15) is 0 Å². The zero-order valence-corrected chi connectivity index (χ0v) is 17.5. The van der Waals surface area contributed by atoms with Crippen molar-refractivity contribution < 1.29 is 9.31 Å². The topological polar surface area (TPSA) is 18.5 Å². The third-order valence-corrected chi connectivity index (χ3v) is 8.53. The number of aryl methyl sites for hydroxylation is 1. The van der Waals surface area contributed by atoms with Crippen molar-refractivity contribution in [3.63, 3.8) is 0 Å². The summed E-state index contributed by atoms with van der Waals surface area (Å²) in [6.45, 7) is 10.5. The van der Waals surface area contributed by atoms with Gasteiger partial charge in [0, 0.05) is 29.2 Å². The molecule has 3 aromatic heterocycles. The van der Waals surface area contributed by atoms with Gasteiger partial charge in [-0.3, -0.25) is 0 Å². The van der Waals surface area contributed by atoms with Gasteiger partial charge < -0.3 is 9.31 Å². The highest BCUT2D eigenvalue weighted by Gasteiger charge is 2.52. The summed E-state index contributed by atoms with van der Waals surface area (Å²) in [6, 6.07) is 13.1. The second-order valence-corrected chi connectivity index (χ2v) is 10.9. The molecule has 130 valence electrons. The average Bonchev–Trinajstić information content (AvgIpc) is 3.26. The Morgan fingerprint density at radius 3 is 1.72 bits per heavy atom. The van der Waals surface area contributed by atoms with Crippen LogP contribution < -0.4 is 4.78 Å². The van der Waals surface area contributed by atoms with E-state index in [0.29, 0.717) is 0 Å². The summed E-state index contributed by atoms with van der Waals surface area (Å²) in [4.78, 5) is 6.60. The molecule has 2 nitrogen and oxygen atoms in total. The third-order valence-electron chi connectivity index (χ3n) is 4.94. The van der Waals surface area contributed by atoms with Crippen LogP contribution in [0.5, 0.6) is 0 Å². The zero-order valence-electron chi connectivity index (χ0n) is 15.1. The average molecular weight is 388 g/mol. The van der Waals surface area contributed by atoms with Gasteiger partial charge in [-0.05, 0) is 65.0 Å². The van der Waals surface area contributed by atoms with Crippen LogP contribution in [-0.2, 0) is 9.31 Å². The molecule has 1 aliphatic heterocycles. The number of rotatable bonds is 3. The highest BCUT2D eigenvalue weighted by molar-refractivity contribution is 7.29. The van der Waals surface area contributed by atoms with Crippen LogP contribution in [0.3, 0.4) is 0 Å². The Morgan fingerprint density at radius 2 is 1.16 bits per heavy atom. The van der Waals surface area contributed by atoms with E-state index < -0.39 is 0 Å². The molecule has 1 fully saturated rings. The van der Waals surface area contributed by atoms with E-state index in [1.807, 2.05) is 22.7 Å². The van der Waals surface area contributed by atoms with E-state index in [1.54, 1.807) is 11.3 Å². The molecule has 0 amide bonds. The van der Waals surface area contributed by atoms with Gasteiger partial charge in [-0.25, -0.2) is 0 Å². The SMILES string of the molecule is Cc1ccc(-c2ccc(-c3ccc(B4OC(C)(C)C(C)(C)O4)s3)s2)s1. The molecule has 0 aliphatic carbocycles. The lowest BCUT2D eigenvalue weighted by Crippen LogP contribution is -2.41. The maximum atomic E-state index is 6.17. The first kappa shape index (κ1) is 17.5. The fraction of sp³-hybridized carbons (Fsp3) is 0.368. The van der Waals surface area contributed by atoms with Crippen LogP contribution >= 0.6 is 34.0 Å². The maximum Gasteiger partial charge on any atom is 0.505 e. The van der Waals surface area contributed by atoms with Gasteiger partial charge in [-0.1, -0.05) is 6.07 Å². The van der Waals surface area contributed by atoms with E-state index in [1.165, 1.54) is 24.4 Å². The van der Waals surface area contributed by atoms with E-state index in [2.05, 4.69) is 71.0 Å². The van der Waals surface area contributed by atoms with Crippen molar-refractivity contribution in [3.05, 3.63) is 41.3 Å². The summed E-state index contributed by atoms with van der Waals surface area (Å²) in [7, 11) is -0.275. The quantitative estimate of drug-likeness (QED) is 0.527. The Morgan fingerprint density at radius 1 is 0.680 bits per heavy atom. The molecule has 0 atom stereocenters. The van der Waals surface area contributed by atoms with Crippen molar-refractivity contribution >= 4 is 45.9 Å². The van der Waals surface area contributed by atoms with Gasteiger partial charge in [0.25, 0.3) is 0 Å². The Hall–Kier alpha value is -0.915. The molecule has 0 aromatic carbocycles. The van der Waals surface area contributed by atoms with E-state index in [9.17, 15) is 0 Å². The molecular weight excluding hydrogens is 367 g/mol. The Labute approximate surface area is 161 Å². The highest BCUT2D eigenvalue weighted by atomic mass is 32.1. The molecular formula is C19H21BO2S3. The summed E-state index contributed by atoms with van der Waals surface area (Å²) in [6.07, 6.45) is 0. The smallest absolute Gasteiger partial charge is 0.399 e. The molecule has 0 saturated carbocycles. The largest absolute Gasteiger partial charge is 0.505 e. The van der Waals surface area contributed by atoms with Gasteiger partial charge in [0.1, 0.15) is 0 Å². The monoisotopic (exact) mass is 388 g/mol. The second kappa shape index (κ2) is 6.07. The summed E-state index contributed by atoms with van der Waals surface area (Å²) in [5.74, 6) is 0. The van der Waals surface area contributed by atoms with Crippen molar-refractivity contribution in [3.8, 4) is 19.5 Å². The minimum absolute atomic E-state index is 0.275. The molecule has 0 N–H and O–H groups in total. The van der Waals surface area contributed by atoms with Crippen LogP contribution in [0.1, 0.15) is 32.6 Å². The molecule has 1 aliphatic rings. The zero-order chi connectivity index (χ0) is 17.8. The fourth-order valence-corrected chi connectivity index (χ4v) is 5.76. The summed E-state index contributed by atoms with van der Waals surface area (Å²) in [5.41, 5.74) is -0.593. The maximum absolute atomic E-state index is 6.17. The van der Waals surface area contributed by atoms with Gasteiger partial charge in [0.2, 0.25) is 0 Å². The second-order valence-electron chi connectivity index (χ2n) is 7.36. The number of hydrogen-bond donors (Lipinski definition) is 0. The van der Waals surface area contributed by atoms with Crippen LogP contribution in [0.25, 0.3) is 19.5 Å². The third kappa shape index (κ3) is 3.15. The molecule has 0 unspecified atom stereocenters. The minimum atomic E-state index is -0.297. The lowest BCUT2D eigenvalue weighted by molar-refractivity contribution is 0.00578. The van der Waals surface area contributed by atoms with Gasteiger partial charge >= 0.3 is 7.12 Å². The number of thiophene rings is 3. The van der Waals surface area contributed by atoms with E-state index in [0.717, 1.165) is 4.78 Å². The predicted octanol–water partition coefficient (Wildman–Crippen LogP) is 5.81. The summed E-state index contributed by atoms with van der Waals surface area (Å²) >= 11 is 5.46. The molecule has 6 heteroatoms. The van der Waals surface area contributed by atoms with Crippen molar-refractivity contribution in [1.82, 2.24) is 0 Å². The molecule has 0 bridgehead atoms. The normalized spacial score (nSPS) is 18.8. The molecule has 25 heavy (non-hydrogen) atoms. The lowest BCUT2D eigenvalue weighted by atomic mass is 9.88. The van der Waals surface area contributed by atoms with Crippen molar-refractivity contribution in [2.75, 3.05) is 0 Å². The molecule has 0 spiro atoms. The lowest BCUT2D eigenvalue weighted by Gasteiger charge is -2.32. The van der Waals surface area contributed by atoms with Crippen LogP contribution in [0, 0.1) is 6.92 Å². The van der Waals surface area contributed by atoms with Gasteiger partial charge in [0.05, 0.1) is 11.2 Å². The van der Waals surface area contributed by atoms with Crippen molar-refractivity contribution in [1.29, 1.82) is 0 Å². The Bertz CT molecular complexity index is 887. The molecule has 1 saturated heterocycles. The molecule has 0 radical (unpaired) electrons.